The highest BCUT2D eigenvalue weighted by Crippen LogP contribution is 2.56. The topological polar surface area (TPSA) is 37.3 Å². The molecule has 0 heterocycles. The van der Waals surface area contributed by atoms with Crippen LogP contribution >= 0.6 is 0 Å². The van der Waals surface area contributed by atoms with Crippen molar-refractivity contribution < 1.29 is 9.90 Å². The molecule has 2 aromatic carbocycles. The fraction of sp³-hybridized carbons (Fsp3) is 0.389. The third-order valence-corrected chi connectivity index (χ3v) is 5.36. The Morgan fingerprint density at radius 1 is 1.00 bits per heavy atom. The van der Waals surface area contributed by atoms with Gasteiger partial charge in [0.25, 0.3) is 0 Å². The van der Waals surface area contributed by atoms with Gasteiger partial charge in [-0.1, -0.05) is 42.5 Å². The molecular formula is C18H18O2. The molecule has 0 saturated heterocycles. The lowest BCUT2D eigenvalue weighted by atomic mass is 9.75. The summed E-state index contributed by atoms with van der Waals surface area (Å²) in [7, 11) is 0. The highest BCUT2D eigenvalue weighted by molar-refractivity contribution is 5.83. The molecule has 0 spiro atoms. The van der Waals surface area contributed by atoms with Crippen LogP contribution < -0.4 is 0 Å². The van der Waals surface area contributed by atoms with Gasteiger partial charge in [-0.25, -0.2) is 0 Å². The van der Waals surface area contributed by atoms with Gasteiger partial charge in [0.05, 0.1) is 5.92 Å². The molecule has 2 aromatic rings. The number of carbonyl (C=O) groups is 1. The molecule has 0 aromatic heterocycles. The predicted octanol–water partition coefficient (Wildman–Crippen LogP) is 4.05. The molecule has 102 valence electrons. The maximum Gasteiger partial charge on any atom is 0.307 e. The molecule has 2 saturated carbocycles. The first-order valence-corrected chi connectivity index (χ1v) is 7.45. The van der Waals surface area contributed by atoms with Gasteiger partial charge in [-0.2, -0.15) is 0 Å². The van der Waals surface area contributed by atoms with Crippen LogP contribution in [0.5, 0.6) is 0 Å². The minimum Gasteiger partial charge on any atom is -0.481 e. The molecular weight excluding hydrogens is 248 g/mol. The number of aliphatic carboxylic acids is 1. The van der Waals surface area contributed by atoms with Gasteiger partial charge in [0.2, 0.25) is 0 Å². The lowest BCUT2D eigenvalue weighted by molar-refractivity contribution is -0.144. The zero-order chi connectivity index (χ0) is 13.7. The maximum absolute atomic E-state index is 11.6. The maximum atomic E-state index is 11.6. The van der Waals surface area contributed by atoms with Gasteiger partial charge in [-0.15, -0.1) is 0 Å². The summed E-state index contributed by atoms with van der Waals surface area (Å²) in [4.78, 5) is 11.6. The van der Waals surface area contributed by atoms with Crippen LogP contribution in [-0.4, -0.2) is 11.1 Å². The highest BCUT2D eigenvalue weighted by atomic mass is 16.4. The molecule has 0 aliphatic heterocycles. The number of benzene rings is 2. The van der Waals surface area contributed by atoms with E-state index in [2.05, 4.69) is 30.3 Å². The first kappa shape index (κ1) is 12.0. The van der Waals surface area contributed by atoms with Crippen LogP contribution in [0, 0.1) is 17.8 Å². The van der Waals surface area contributed by atoms with Gasteiger partial charge >= 0.3 is 5.97 Å². The molecule has 2 bridgehead atoms. The molecule has 2 aliphatic carbocycles. The van der Waals surface area contributed by atoms with Crippen LogP contribution in [0.2, 0.25) is 0 Å². The molecule has 2 unspecified atom stereocenters. The van der Waals surface area contributed by atoms with E-state index in [0.29, 0.717) is 11.8 Å². The van der Waals surface area contributed by atoms with E-state index >= 15 is 0 Å². The van der Waals surface area contributed by atoms with E-state index in [1.165, 1.54) is 22.8 Å². The molecule has 2 nitrogen and oxygen atoms in total. The number of hydrogen-bond donors (Lipinski definition) is 1. The summed E-state index contributed by atoms with van der Waals surface area (Å²) in [6.07, 6.45) is 3.41. The Balaban J connectivity index is 1.79. The van der Waals surface area contributed by atoms with Crippen molar-refractivity contribution in [3.05, 3.63) is 48.0 Å². The Hall–Kier alpha value is -1.83. The SMILES string of the molecule is O=C(O)[C@H]1C2CCC(C2)[C@@H]1c1ccc2ccccc2c1. The minimum absolute atomic E-state index is 0.171. The van der Waals surface area contributed by atoms with Gasteiger partial charge in [-0.3, -0.25) is 4.79 Å². The van der Waals surface area contributed by atoms with Gasteiger partial charge in [-0.05, 0) is 47.4 Å². The van der Waals surface area contributed by atoms with Crippen molar-refractivity contribution in [3.8, 4) is 0 Å². The molecule has 20 heavy (non-hydrogen) atoms. The zero-order valence-electron chi connectivity index (χ0n) is 11.3. The van der Waals surface area contributed by atoms with Crippen LogP contribution in [0.1, 0.15) is 30.7 Å². The summed E-state index contributed by atoms with van der Waals surface area (Å²) >= 11 is 0. The van der Waals surface area contributed by atoms with Crippen molar-refractivity contribution in [1.29, 1.82) is 0 Å². The smallest absolute Gasteiger partial charge is 0.307 e. The third-order valence-electron chi connectivity index (χ3n) is 5.36. The Kier molecular flexibility index (Phi) is 2.59. The van der Waals surface area contributed by atoms with E-state index in [-0.39, 0.29) is 11.8 Å². The highest BCUT2D eigenvalue weighted by Gasteiger charge is 2.51. The molecule has 4 atom stereocenters. The molecule has 0 radical (unpaired) electrons. The summed E-state index contributed by atoms with van der Waals surface area (Å²) in [6.45, 7) is 0. The molecule has 1 N–H and O–H groups in total. The number of fused-ring (bicyclic) bond motifs is 3. The number of hydrogen-bond acceptors (Lipinski definition) is 1. The first-order chi connectivity index (χ1) is 9.74. The number of carboxylic acids is 1. The second-order valence-electron chi connectivity index (χ2n) is 6.33. The van der Waals surface area contributed by atoms with Gasteiger partial charge < -0.3 is 5.11 Å². The first-order valence-electron chi connectivity index (χ1n) is 7.45. The average molecular weight is 266 g/mol. The monoisotopic (exact) mass is 266 g/mol. The molecule has 0 amide bonds. The molecule has 2 fully saturated rings. The van der Waals surface area contributed by atoms with Crippen molar-refractivity contribution in [2.45, 2.75) is 25.2 Å². The standard InChI is InChI=1S/C18H18O2/c19-18(20)17-15-8-7-14(10-15)16(17)13-6-5-11-3-1-2-4-12(11)9-13/h1-6,9,14-17H,7-8,10H2,(H,19,20)/t14?,15?,16-,17-/m0/s1. The van der Waals surface area contributed by atoms with Crippen molar-refractivity contribution >= 4 is 16.7 Å². The Bertz CT molecular complexity index is 676. The van der Waals surface area contributed by atoms with E-state index < -0.39 is 5.97 Å². The van der Waals surface area contributed by atoms with Gasteiger partial charge in [0.15, 0.2) is 0 Å². The van der Waals surface area contributed by atoms with E-state index in [0.717, 1.165) is 12.8 Å². The Labute approximate surface area is 118 Å². The predicted molar refractivity (Wildman–Crippen MR) is 78.6 cm³/mol. The number of carboxylic acid groups (broad SMARTS) is 1. The molecule has 2 heteroatoms. The average Bonchev–Trinajstić information content (AvgIpc) is 3.07. The molecule has 4 rings (SSSR count). The van der Waals surface area contributed by atoms with Crippen LogP contribution in [0.25, 0.3) is 10.8 Å². The minimum atomic E-state index is -0.602. The summed E-state index contributed by atoms with van der Waals surface area (Å²) in [5, 5.41) is 12.0. The Morgan fingerprint density at radius 3 is 2.55 bits per heavy atom. The fourth-order valence-electron chi connectivity index (χ4n) is 4.54. The van der Waals surface area contributed by atoms with Crippen molar-refractivity contribution in [2.75, 3.05) is 0 Å². The summed E-state index contributed by atoms with van der Waals surface area (Å²) in [5.41, 5.74) is 1.23. The summed E-state index contributed by atoms with van der Waals surface area (Å²) in [5.74, 6) is 0.414. The van der Waals surface area contributed by atoms with Crippen molar-refractivity contribution in [1.82, 2.24) is 0 Å². The van der Waals surface area contributed by atoms with E-state index in [1.54, 1.807) is 0 Å². The largest absolute Gasteiger partial charge is 0.481 e. The zero-order valence-corrected chi connectivity index (χ0v) is 11.3. The van der Waals surface area contributed by atoms with Crippen LogP contribution in [0.15, 0.2) is 42.5 Å². The van der Waals surface area contributed by atoms with Crippen LogP contribution in [-0.2, 0) is 4.79 Å². The molecule has 2 aliphatic rings. The lowest BCUT2D eigenvalue weighted by Crippen LogP contribution is -2.27. The van der Waals surface area contributed by atoms with E-state index in [1.807, 2.05) is 12.1 Å². The van der Waals surface area contributed by atoms with Gasteiger partial charge in [0.1, 0.15) is 0 Å². The normalized spacial score (nSPS) is 31.8. The summed E-state index contributed by atoms with van der Waals surface area (Å²) in [6, 6.07) is 14.8. The quantitative estimate of drug-likeness (QED) is 0.890. The lowest BCUT2D eigenvalue weighted by Gasteiger charge is -2.28. The summed E-state index contributed by atoms with van der Waals surface area (Å²) < 4.78 is 0. The second kappa shape index (κ2) is 4.34. The Morgan fingerprint density at radius 2 is 1.75 bits per heavy atom. The fourth-order valence-corrected chi connectivity index (χ4v) is 4.54. The van der Waals surface area contributed by atoms with E-state index in [4.69, 9.17) is 0 Å². The van der Waals surface area contributed by atoms with Crippen LogP contribution in [0.3, 0.4) is 0 Å². The van der Waals surface area contributed by atoms with Crippen molar-refractivity contribution in [2.24, 2.45) is 17.8 Å². The second-order valence-corrected chi connectivity index (χ2v) is 6.33. The van der Waals surface area contributed by atoms with Gasteiger partial charge in [0, 0.05) is 5.92 Å². The van der Waals surface area contributed by atoms with E-state index in [9.17, 15) is 9.90 Å². The van der Waals surface area contributed by atoms with Crippen LogP contribution in [0.4, 0.5) is 0 Å². The third kappa shape index (κ3) is 1.67. The number of rotatable bonds is 2. The van der Waals surface area contributed by atoms with Crippen molar-refractivity contribution in [3.63, 3.8) is 0 Å².